The maximum absolute atomic E-state index is 13.0. The van der Waals surface area contributed by atoms with Crippen molar-refractivity contribution in [2.24, 2.45) is 5.73 Å². The summed E-state index contributed by atoms with van der Waals surface area (Å²) in [5.41, 5.74) is 4.68. The van der Waals surface area contributed by atoms with Crippen molar-refractivity contribution in [3.63, 3.8) is 0 Å². The molecule has 15 heavy (non-hydrogen) atoms. The molecule has 0 saturated carbocycles. The van der Waals surface area contributed by atoms with Gasteiger partial charge in [-0.2, -0.15) is 9.65 Å². The zero-order chi connectivity index (χ0) is 11.4. The number of nitrogens with zero attached hydrogens (tertiary/aromatic N) is 2. The number of aromatic nitrogens is 1. The van der Waals surface area contributed by atoms with Crippen molar-refractivity contribution in [2.45, 2.75) is 19.4 Å². The molecule has 0 spiro atoms. The van der Waals surface area contributed by atoms with Gasteiger partial charge in [0, 0.05) is 12.7 Å². The van der Waals surface area contributed by atoms with Crippen molar-refractivity contribution in [1.29, 1.82) is 5.26 Å². The third-order valence-electron chi connectivity index (χ3n) is 1.96. The van der Waals surface area contributed by atoms with E-state index < -0.39 is 17.9 Å². The third-order valence-corrected chi connectivity index (χ3v) is 1.96. The number of hydrogen-bond donors (Lipinski definition) is 1. The Labute approximate surface area is 84.3 Å². The standard InChI is InChI=1S/C9H8F3N3/c10-8(11)7-6(1-2-13)5(3-14)4-15-9(7)12/h4,8H,1,3,14H2. The summed E-state index contributed by atoms with van der Waals surface area (Å²) in [5.74, 6) is -1.24. The Balaban J connectivity index is 3.38. The van der Waals surface area contributed by atoms with E-state index in [0.29, 0.717) is 0 Å². The van der Waals surface area contributed by atoms with Crippen LogP contribution in [0.4, 0.5) is 13.2 Å². The number of alkyl halides is 2. The minimum absolute atomic E-state index is 0.0516. The summed E-state index contributed by atoms with van der Waals surface area (Å²) in [7, 11) is 0. The first-order chi connectivity index (χ1) is 7.11. The van der Waals surface area contributed by atoms with E-state index in [1.807, 2.05) is 0 Å². The fourth-order valence-corrected chi connectivity index (χ4v) is 1.26. The number of nitrogens with two attached hydrogens (primary N) is 1. The summed E-state index contributed by atoms with van der Waals surface area (Å²) in [6.45, 7) is -0.0516. The topological polar surface area (TPSA) is 62.7 Å². The van der Waals surface area contributed by atoms with Gasteiger partial charge in [-0.05, 0) is 11.1 Å². The van der Waals surface area contributed by atoms with E-state index in [1.165, 1.54) is 0 Å². The van der Waals surface area contributed by atoms with E-state index in [2.05, 4.69) is 4.98 Å². The molecule has 0 aliphatic heterocycles. The summed E-state index contributed by atoms with van der Waals surface area (Å²) in [4.78, 5) is 3.18. The van der Waals surface area contributed by atoms with Gasteiger partial charge in [0.2, 0.25) is 5.95 Å². The summed E-state index contributed by atoms with van der Waals surface area (Å²) < 4.78 is 38.0. The molecule has 1 heterocycles. The monoisotopic (exact) mass is 215 g/mol. The summed E-state index contributed by atoms with van der Waals surface area (Å²) in [5, 5.41) is 8.46. The van der Waals surface area contributed by atoms with Gasteiger partial charge in [-0.25, -0.2) is 13.8 Å². The van der Waals surface area contributed by atoms with Crippen LogP contribution in [0, 0.1) is 17.3 Å². The highest BCUT2D eigenvalue weighted by Gasteiger charge is 2.21. The average molecular weight is 215 g/mol. The quantitative estimate of drug-likeness (QED) is 0.780. The second-order valence-electron chi connectivity index (χ2n) is 2.81. The third kappa shape index (κ3) is 2.25. The van der Waals surface area contributed by atoms with Crippen LogP contribution in [-0.2, 0) is 13.0 Å². The minimum atomic E-state index is -2.99. The first-order valence-corrected chi connectivity index (χ1v) is 4.13. The average Bonchev–Trinajstić information content (AvgIpc) is 2.18. The van der Waals surface area contributed by atoms with Crippen LogP contribution in [-0.4, -0.2) is 4.98 Å². The molecule has 0 bridgehead atoms. The molecule has 1 rings (SSSR count). The minimum Gasteiger partial charge on any atom is -0.326 e. The van der Waals surface area contributed by atoms with Crippen LogP contribution < -0.4 is 5.73 Å². The Hall–Kier alpha value is -1.61. The second kappa shape index (κ2) is 4.75. The molecule has 0 radical (unpaired) electrons. The van der Waals surface area contributed by atoms with Gasteiger partial charge in [0.05, 0.1) is 18.1 Å². The lowest BCUT2D eigenvalue weighted by Crippen LogP contribution is -2.09. The van der Waals surface area contributed by atoms with Crippen molar-refractivity contribution in [1.82, 2.24) is 4.98 Å². The summed E-state index contributed by atoms with van der Waals surface area (Å²) in [6, 6.07) is 1.70. The van der Waals surface area contributed by atoms with Gasteiger partial charge in [-0.15, -0.1) is 0 Å². The van der Waals surface area contributed by atoms with Gasteiger partial charge < -0.3 is 5.73 Å². The normalized spacial score (nSPS) is 10.4. The first-order valence-electron chi connectivity index (χ1n) is 4.13. The van der Waals surface area contributed by atoms with E-state index in [9.17, 15) is 13.2 Å². The van der Waals surface area contributed by atoms with Crippen molar-refractivity contribution in [3.05, 3.63) is 28.8 Å². The predicted octanol–water partition coefficient (Wildman–Crippen LogP) is 1.68. The van der Waals surface area contributed by atoms with Gasteiger partial charge in [0.1, 0.15) is 0 Å². The van der Waals surface area contributed by atoms with Crippen LogP contribution in [0.3, 0.4) is 0 Å². The van der Waals surface area contributed by atoms with Gasteiger partial charge in [0.15, 0.2) is 0 Å². The number of pyridine rings is 1. The van der Waals surface area contributed by atoms with Crippen LogP contribution in [0.5, 0.6) is 0 Å². The molecule has 2 N–H and O–H groups in total. The fourth-order valence-electron chi connectivity index (χ4n) is 1.26. The fraction of sp³-hybridized carbons (Fsp3) is 0.333. The number of rotatable bonds is 3. The van der Waals surface area contributed by atoms with Crippen LogP contribution in [0.1, 0.15) is 23.1 Å². The van der Waals surface area contributed by atoms with Gasteiger partial charge in [0.25, 0.3) is 6.43 Å². The molecule has 0 unspecified atom stereocenters. The van der Waals surface area contributed by atoms with Crippen molar-refractivity contribution in [2.75, 3.05) is 0 Å². The molecular weight excluding hydrogens is 207 g/mol. The molecular formula is C9H8F3N3. The molecule has 80 valence electrons. The lowest BCUT2D eigenvalue weighted by Gasteiger charge is -2.10. The van der Waals surface area contributed by atoms with Crippen molar-refractivity contribution >= 4 is 0 Å². The molecule has 0 atom stereocenters. The second-order valence-corrected chi connectivity index (χ2v) is 2.81. The largest absolute Gasteiger partial charge is 0.326 e. The highest BCUT2D eigenvalue weighted by molar-refractivity contribution is 5.35. The van der Waals surface area contributed by atoms with E-state index in [1.54, 1.807) is 6.07 Å². The molecule has 0 aliphatic rings. The van der Waals surface area contributed by atoms with Crippen LogP contribution in [0.2, 0.25) is 0 Å². The Morgan fingerprint density at radius 3 is 2.67 bits per heavy atom. The maximum atomic E-state index is 13.0. The van der Waals surface area contributed by atoms with E-state index in [4.69, 9.17) is 11.0 Å². The number of halogens is 3. The molecule has 0 aliphatic carbocycles. The Morgan fingerprint density at radius 2 is 2.20 bits per heavy atom. The smallest absolute Gasteiger partial charge is 0.268 e. The van der Waals surface area contributed by atoms with E-state index >= 15 is 0 Å². The molecule has 0 saturated heterocycles. The number of nitriles is 1. The van der Waals surface area contributed by atoms with Crippen LogP contribution in [0.25, 0.3) is 0 Å². The highest BCUT2D eigenvalue weighted by Crippen LogP contribution is 2.27. The van der Waals surface area contributed by atoms with Crippen LogP contribution >= 0.6 is 0 Å². The summed E-state index contributed by atoms with van der Waals surface area (Å²) in [6.07, 6.45) is -2.22. The van der Waals surface area contributed by atoms with Crippen molar-refractivity contribution in [3.8, 4) is 6.07 Å². The predicted molar refractivity (Wildman–Crippen MR) is 46.4 cm³/mol. The Bertz CT molecular complexity index is 398. The van der Waals surface area contributed by atoms with Crippen LogP contribution in [0.15, 0.2) is 6.20 Å². The Kier molecular flexibility index (Phi) is 3.63. The molecule has 1 aromatic heterocycles. The number of hydrogen-bond acceptors (Lipinski definition) is 3. The van der Waals surface area contributed by atoms with Gasteiger partial charge >= 0.3 is 0 Å². The lowest BCUT2D eigenvalue weighted by atomic mass is 10.0. The highest BCUT2D eigenvalue weighted by atomic mass is 19.3. The molecule has 1 aromatic rings. The van der Waals surface area contributed by atoms with Gasteiger partial charge in [-0.3, -0.25) is 0 Å². The maximum Gasteiger partial charge on any atom is 0.268 e. The first kappa shape index (κ1) is 11.5. The zero-order valence-electron chi connectivity index (χ0n) is 7.67. The SMILES string of the molecule is N#CCc1c(CN)cnc(F)c1C(F)F. The molecule has 0 fully saturated rings. The molecule has 0 amide bonds. The molecule has 3 nitrogen and oxygen atoms in total. The van der Waals surface area contributed by atoms with E-state index in [0.717, 1.165) is 6.20 Å². The molecule has 0 aromatic carbocycles. The summed E-state index contributed by atoms with van der Waals surface area (Å²) >= 11 is 0. The molecule has 6 heteroatoms. The van der Waals surface area contributed by atoms with E-state index in [-0.39, 0.29) is 24.1 Å². The lowest BCUT2D eigenvalue weighted by molar-refractivity contribution is 0.144. The van der Waals surface area contributed by atoms with Crippen molar-refractivity contribution < 1.29 is 13.2 Å². The van der Waals surface area contributed by atoms with Gasteiger partial charge in [-0.1, -0.05) is 0 Å². The zero-order valence-corrected chi connectivity index (χ0v) is 7.67. The Morgan fingerprint density at radius 1 is 1.53 bits per heavy atom.